The summed E-state index contributed by atoms with van der Waals surface area (Å²) in [7, 11) is 3.74. The first-order chi connectivity index (χ1) is 9.69. The maximum atomic E-state index is 5.06. The van der Waals surface area contributed by atoms with Gasteiger partial charge in [0.2, 0.25) is 5.89 Å². The lowest BCUT2D eigenvalue weighted by Gasteiger charge is -2.21. The molecule has 0 unspecified atom stereocenters. The van der Waals surface area contributed by atoms with Crippen molar-refractivity contribution in [1.82, 2.24) is 20.4 Å². The van der Waals surface area contributed by atoms with Gasteiger partial charge in [0.25, 0.3) is 0 Å². The minimum Gasteiger partial charge on any atom is -0.347 e. The van der Waals surface area contributed by atoms with E-state index in [2.05, 4.69) is 32.6 Å². The Morgan fingerprint density at radius 2 is 2.10 bits per heavy atom. The fourth-order valence-electron chi connectivity index (χ4n) is 1.88. The van der Waals surface area contributed by atoms with Crippen LogP contribution < -0.4 is 5.32 Å². The molecule has 0 aliphatic heterocycles. The molecule has 1 aromatic heterocycles. The van der Waals surface area contributed by atoms with Crippen LogP contribution in [0.25, 0.3) is 0 Å². The molecule has 2 aromatic rings. The molecule has 0 radical (unpaired) electrons. The van der Waals surface area contributed by atoms with E-state index in [0.29, 0.717) is 18.3 Å². The smallest absolute Gasteiger partial charge is 0.246 e. The van der Waals surface area contributed by atoms with Gasteiger partial charge in [0, 0.05) is 20.6 Å². The van der Waals surface area contributed by atoms with Gasteiger partial charge in [-0.3, -0.25) is 4.99 Å². The van der Waals surface area contributed by atoms with E-state index in [1.54, 1.807) is 14.0 Å². The van der Waals surface area contributed by atoms with Crippen LogP contribution in [0.1, 0.15) is 17.3 Å². The summed E-state index contributed by atoms with van der Waals surface area (Å²) < 4.78 is 5.06. The molecule has 0 saturated carbocycles. The molecule has 0 aliphatic carbocycles. The Morgan fingerprint density at radius 1 is 1.35 bits per heavy atom. The Balaban J connectivity index is 1.91. The molecule has 0 bridgehead atoms. The van der Waals surface area contributed by atoms with Gasteiger partial charge in [0.15, 0.2) is 11.8 Å². The Kier molecular flexibility index (Phi) is 4.70. The quantitative estimate of drug-likeness (QED) is 0.677. The first-order valence-electron chi connectivity index (χ1n) is 6.44. The van der Waals surface area contributed by atoms with Crippen molar-refractivity contribution >= 4 is 5.96 Å². The predicted molar refractivity (Wildman–Crippen MR) is 77.1 cm³/mol. The third-order valence-corrected chi connectivity index (χ3v) is 2.80. The van der Waals surface area contributed by atoms with Gasteiger partial charge in [-0.25, -0.2) is 0 Å². The third-order valence-electron chi connectivity index (χ3n) is 2.80. The minimum atomic E-state index is 0.465. The van der Waals surface area contributed by atoms with Gasteiger partial charge >= 0.3 is 0 Å². The van der Waals surface area contributed by atoms with E-state index < -0.39 is 0 Å². The summed E-state index contributed by atoms with van der Waals surface area (Å²) in [6, 6.07) is 10.2. The van der Waals surface area contributed by atoms with Crippen molar-refractivity contribution in [2.75, 3.05) is 14.1 Å². The van der Waals surface area contributed by atoms with Gasteiger partial charge in [0.1, 0.15) is 0 Å². The van der Waals surface area contributed by atoms with Crippen molar-refractivity contribution in [3.05, 3.63) is 47.6 Å². The van der Waals surface area contributed by atoms with Crippen molar-refractivity contribution < 1.29 is 4.52 Å². The second-order valence-electron chi connectivity index (χ2n) is 4.48. The molecule has 6 heteroatoms. The minimum absolute atomic E-state index is 0.465. The molecule has 1 heterocycles. The molecule has 6 nitrogen and oxygen atoms in total. The van der Waals surface area contributed by atoms with Crippen LogP contribution in [0, 0.1) is 6.92 Å². The van der Waals surface area contributed by atoms with Crippen LogP contribution >= 0.6 is 0 Å². The second-order valence-corrected chi connectivity index (χ2v) is 4.48. The van der Waals surface area contributed by atoms with Crippen LogP contribution in [0.3, 0.4) is 0 Å². The summed E-state index contributed by atoms with van der Waals surface area (Å²) in [6.45, 7) is 3.04. The topological polar surface area (TPSA) is 66.5 Å². The summed E-state index contributed by atoms with van der Waals surface area (Å²) in [6.07, 6.45) is 0. The molecule has 0 aliphatic rings. The van der Waals surface area contributed by atoms with Crippen molar-refractivity contribution in [3.63, 3.8) is 0 Å². The van der Waals surface area contributed by atoms with Gasteiger partial charge in [-0.2, -0.15) is 4.98 Å². The monoisotopic (exact) mass is 273 g/mol. The van der Waals surface area contributed by atoms with Gasteiger partial charge in [-0.15, -0.1) is 0 Å². The average Bonchev–Trinajstić information content (AvgIpc) is 2.86. The molecule has 1 aromatic carbocycles. The Bertz CT molecular complexity index is 564. The number of aryl methyl sites for hydroxylation is 1. The van der Waals surface area contributed by atoms with Gasteiger partial charge in [-0.1, -0.05) is 35.5 Å². The van der Waals surface area contributed by atoms with Crippen molar-refractivity contribution in [1.29, 1.82) is 0 Å². The van der Waals surface area contributed by atoms with E-state index in [1.807, 2.05) is 30.1 Å². The van der Waals surface area contributed by atoms with E-state index in [-0.39, 0.29) is 0 Å². The number of nitrogens with one attached hydrogen (secondary N) is 1. The zero-order valence-corrected chi connectivity index (χ0v) is 12.0. The standard InChI is InChI=1S/C14H19N5O/c1-11-17-13(20-18-11)9-16-14(15-2)19(3)10-12-7-5-4-6-8-12/h4-8H,9-10H2,1-3H3,(H,15,16). The molecule has 106 valence electrons. The summed E-state index contributed by atoms with van der Waals surface area (Å²) in [4.78, 5) is 10.4. The number of benzene rings is 1. The summed E-state index contributed by atoms with van der Waals surface area (Å²) in [5.41, 5.74) is 1.23. The normalized spacial score (nSPS) is 11.4. The van der Waals surface area contributed by atoms with Crippen molar-refractivity contribution in [3.8, 4) is 0 Å². The van der Waals surface area contributed by atoms with Crippen LogP contribution in [-0.2, 0) is 13.1 Å². The number of hydrogen-bond acceptors (Lipinski definition) is 4. The molecule has 1 N–H and O–H groups in total. The molecular formula is C14H19N5O. The highest BCUT2D eigenvalue weighted by Crippen LogP contribution is 2.03. The number of nitrogens with zero attached hydrogens (tertiary/aromatic N) is 4. The summed E-state index contributed by atoms with van der Waals surface area (Å²) in [5.74, 6) is 1.97. The molecule has 0 atom stereocenters. The third kappa shape index (κ3) is 3.81. The van der Waals surface area contributed by atoms with Crippen molar-refractivity contribution in [2.45, 2.75) is 20.0 Å². The molecule has 20 heavy (non-hydrogen) atoms. The lowest BCUT2D eigenvalue weighted by molar-refractivity contribution is 0.368. The predicted octanol–water partition coefficient (Wildman–Crippen LogP) is 1.59. The number of hydrogen-bond donors (Lipinski definition) is 1. The summed E-state index contributed by atoms with van der Waals surface area (Å²) in [5, 5.41) is 6.95. The maximum absolute atomic E-state index is 5.06. The van der Waals surface area contributed by atoms with Crippen LogP contribution in [0.15, 0.2) is 39.8 Å². The van der Waals surface area contributed by atoms with Gasteiger partial charge < -0.3 is 14.7 Å². The van der Waals surface area contributed by atoms with E-state index in [1.165, 1.54) is 5.56 Å². The second kappa shape index (κ2) is 6.70. The zero-order valence-electron chi connectivity index (χ0n) is 12.0. The number of aromatic nitrogens is 2. The maximum Gasteiger partial charge on any atom is 0.246 e. The fraction of sp³-hybridized carbons (Fsp3) is 0.357. The molecule has 0 fully saturated rings. The van der Waals surface area contributed by atoms with Gasteiger partial charge in [-0.05, 0) is 12.5 Å². The molecular weight excluding hydrogens is 254 g/mol. The highest BCUT2D eigenvalue weighted by atomic mass is 16.5. The van der Waals surface area contributed by atoms with E-state index in [9.17, 15) is 0 Å². The fourth-order valence-corrected chi connectivity index (χ4v) is 1.88. The lowest BCUT2D eigenvalue weighted by Crippen LogP contribution is -2.38. The molecule has 0 spiro atoms. The molecule has 0 saturated heterocycles. The Labute approximate surface area is 118 Å². The first kappa shape index (κ1) is 14.0. The van der Waals surface area contributed by atoms with Gasteiger partial charge in [0.05, 0.1) is 6.54 Å². The number of aliphatic imine (C=N–C) groups is 1. The number of rotatable bonds is 4. The number of guanidine groups is 1. The van der Waals surface area contributed by atoms with E-state index in [4.69, 9.17) is 4.52 Å². The average molecular weight is 273 g/mol. The molecule has 0 amide bonds. The van der Waals surface area contributed by atoms with Crippen LogP contribution in [0.5, 0.6) is 0 Å². The Hall–Kier alpha value is -2.37. The first-order valence-corrected chi connectivity index (χ1v) is 6.44. The van der Waals surface area contributed by atoms with E-state index >= 15 is 0 Å². The van der Waals surface area contributed by atoms with E-state index in [0.717, 1.165) is 12.5 Å². The Morgan fingerprint density at radius 3 is 2.70 bits per heavy atom. The summed E-state index contributed by atoms with van der Waals surface area (Å²) >= 11 is 0. The largest absolute Gasteiger partial charge is 0.347 e. The lowest BCUT2D eigenvalue weighted by atomic mass is 10.2. The van der Waals surface area contributed by atoms with Crippen LogP contribution in [-0.4, -0.2) is 35.1 Å². The highest BCUT2D eigenvalue weighted by molar-refractivity contribution is 5.79. The molecule has 2 rings (SSSR count). The highest BCUT2D eigenvalue weighted by Gasteiger charge is 2.08. The van der Waals surface area contributed by atoms with Crippen LogP contribution in [0.4, 0.5) is 0 Å². The SMILES string of the molecule is CN=C(NCc1nc(C)no1)N(C)Cc1ccccc1. The van der Waals surface area contributed by atoms with Crippen LogP contribution in [0.2, 0.25) is 0 Å². The zero-order chi connectivity index (χ0) is 14.4. The van der Waals surface area contributed by atoms with Crippen molar-refractivity contribution in [2.24, 2.45) is 4.99 Å².